The van der Waals surface area contributed by atoms with Gasteiger partial charge in [-0.3, -0.25) is 0 Å². The Morgan fingerprint density at radius 1 is 0.362 bits per heavy atom. The summed E-state index contributed by atoms with van der Waals surface area (Å²) in [5.41, 5.74) is 8.67. The van der Waals surface area contributed by atoms with E-state index >= 15 is 0 Å². The molecule has 4 heteroatoms. The van der Waals surface area contributed by atoms with Gasteiger partial charge in [-0.15, -0.1) is 0 Å². The highest BCUT2D eigenvalue weighted by Crippen LogP contribution is 2.41. The highest BCUT2D eigenvalue weighted by atomic mass is 15.0. The molecule has 2 aromatic heterocycles. The standard InChI is InChI=1S/C43H28N4/c1-4-13-29(14-5-1)36-21-12-22-37-39-35-20-11-10-15-30(35)25-28-38(39)47(40(36)37)34-26-23-33(24-27-34)43-45-41(31-16-6-2-7-17-31)44-42(46-43)32-18-8-3-9-19-32/h1-28H. The fraction of sp³-hybridized carbons (Fsp3) is 0. The maximum Gasteiger partial charge on any atom is 0.164 e. The molecular weight excluding hydrogens is 573 g/mol. The van der Waals surface area contributed by atoms with Gasteiger partial charge in [0.05, 0.1) is 11.0 Å². The Morgan fingerprint density at radius 2 is 0.872 bits per heavy atom. The molecule has 7 aromatic carbocycles. The lowest BCUT2D eigenvalue weighted by molar-refractivity contribution is 1.07. The van der Waals surface area contributed by atoms with Crippen molar-refractivity contribution < 1.29 is 0 Å². The van der Waals surface area contributed by atoms with Crippen LogP contribution in [0.25, 0.3) is 83.6 Å². The van der Waals surface area contributed by atoms with Crippen LogP contribution >= 0.6 is 0 Å². The van der Waals surface area contributed by atoms with Crippen LogP contribution in [0, 0.1) is 0 Å². The number of aromatic nitrogens is 4. The maximum absolute atomic E-state index is 4.95. The Labute approximate surface area is 272 Å². The van der Waals surface area contributed by atoms with E-state index in [0.717, 1.165) is 22.4 Å². The number of rotatable bonds is 5. The zero-order chi connectivity index (χ0) is 31.2. The van der Waals surface area contributed by atoms with Gasteiger partial charge >= 0.3 is 0 Å². The smallest absolute Gasteiger partial charge is 0.164 e. The summed E-state index contributed by atoms with van der Waals surface area (Å²) >= 11 is 0. The molecule has 9 rings (SSSR count). The minimum absolute atomic E-state index is 0.641. The van der Waals surface area contributed by atoms with E-state index in [2.05, 4.69) is 114 Å². The van der Waals surface area contributed by atoms with Gasteiger partial charge in [-0.25, -0.2) is 15.0 Å². The largest absolute Gasteiger partial charge is 0.309 e. The van der Waals surface area contributed by atoms with Gasteiger partial charge in [0.25, 0.3) is 0 Å². The van der Waals surface area contributed by atoms with Crippen LogP contribution in [0.15, 0.2) is 170 Å². The molecule has 0 fully saturated rings. The number of fused-ring (bicyclic) bond motifs is 5. The van der Waals surface area contributed by atoms with Crippen molar-refractivity contribution in [1.29, 1.82) is 0 Å². The summed E-state index contributed by atoms with van der Waals surface area (Å²) in [7, 11) is 0. The lowest BCUT2D eigenvalue weighted by atomic mass is 10.00. The zero-order valence-electron chi connectivity index (χ0n) is 25.5. The molecule has 0 bridgehead atoms. The fourth-order valence-corrected chi connectivity index (χ4v) is 6.65. The first-order chi connectivity index (χ1) is 23.3. The lowest BCUT2D eigenvalue weighted by Gasteiger charge is -2.13. The number of para-hydroxylation sites is 1. The molecule has 0 aliphatic heterocycles. The average Bonchev–Trinajstić information content (AvgIpc) is 3.51. The first kappa shape index (κ1) is 27.0. The number of nitrogens with zero attached hydrogens (tertiary/aromatic N) is 4. The van der Waals surface area contributed by atoms with E-state index in [1.54, 1.807) is 0 Å². The second-order valence-corrected chi connectivity index (χ2v) is 11.7. The molecular formula is C43H28N4. The molecule has 0 radical (unpaired) electrons. The Hall–Kier alpha value is -6.39. The average molecular weight is 601 g/mol. The summed E-state index contributed by atoms with van der Waals surface area (Å²) in [6, 6.07) is 59.2. The molecule has 0 aliphatic carbocycles. The molecule has 0 atom stereocenters. The SMILES string of the molecule is c1ccc(-c2nc(-c3ccccc3)nc(-c3ccc(-n4c5ccc6ccccc6c5c5cccc(-c6ccccc6)c54)cc3)n2)cc1. The van der Waals surface area contributed by atoms with Crippen LogP contribution in [0.3, 0.4) is 0 Å². The summed E-state index contributed by atoms with van der Waals surface area (Å²) in [4.78, 5) is 14.8. The highest BCUT2D eigenvalue weighted by Gasteiger charge is 2.19. The van der Waals surface area contributed by atoms with Crippen LogP contribution < -0.4 is 0 Å². The zero-order valence-corrected chi connectivity index (χ0v) is 25.5. The normalized spacial score (nSPS) is 11.4. The quantitative estimate of drug-likeness (QED) is 0.197. The van der Waals surface area contributed by atoms with Crippen LogP contribution in [0.5, 0.6) is 0 Å². The van der Waals surface area contributed by atoms with Crippen molar-refractivity contribution in [3.63, 3.8) is 0 Å². The third-order valence-corrected chi connectivity index (χ3v) is 8.84. The Morgan fingerprint density at radius 3 is 1.49 bits per heavy atom. The second-order valence-electron chi connectivity index (χ2n) is 11.7. The summed E-state index contributed by atoms with van der Waals surface area (Å²) < 4.78 is 2.40. The summed E-state index contributed by atoms with van der Waals surface area (Å²) in [5.74, 6) is 1.95. The fourth-order valence-electron chi connectivity index (χ4n) is 6.65. The molecule has 0 saturated heterocycles. The van der Waals surface area contributed by atoms with Gasteiger partial charge in [0.15, 0.2) is 17.5 Å². The summed E-state index contributed by atoms with van der Waals surface area (Å²) in [6.07, 6.45) is 0. The van der Waals surface area contributed by atoms with Crippen LogP contribution in [0.4, 0.5) is 0 Å². The Bertz CT molecular complexity index is 2480. The Balaban J connectivity index is 1.25. The van der Waals surface area contributed by atoms with Crippen LogP contribution in [0.1, 0.15) is 0 Å². The highest BCUT2D eigenvalue weighted by molar-refractivity contribution is 6.23. The Kier molecular flexibility index (Phi) is 6.43. The van der Waals surface area contributed by atoms with Crippen molar-refractivity contribution in [3.05, 3.63) is 170 Å². The van der Waals surface area contributed by atoms with Crippen molar-refractivity contribution in [2.24, 2.45) is 0 Å². The van der Waals surface area contributed by atoms with Crippen LogP contribution in [-0.2, 0) is 0 Å². The number of benzene rings is 7. The van der Waals surface area contributed by atoms with Gasteiger partial charge in [0, 0.05) is 38.7 Å². The molecule has 47 heavy (non-hydrogen) atoms. The topological polar surface area (TPSA) is 43.6 Å². The molecule has 0 aliphatic rings. The molecule has 0 N–H and O–H groups in total. The molecule has 0 saturated carbocycles. The lowest BCUT2D eigenvalue weighted by Crippen LogP contribution is -2.00. The first-order valence-corrected chi connectivity index (χ1v) is 15.8. The van der Waals surface area contributed by atoms with Crippen molar-refractivity contribution in [1.82, 2.24) is 19.5 Å². The molecule has 9 aromatic rings. The molecule has 220 valence electrons. The number of hydrogen-bond donors (Lipinski definition) is 0. The third kappa shape index (κ3) is 4.66. The first-order valence-electron chi connectivity index (χ1n) is 15.8. The van der Waals surface area contributed by atoms with Crippen molar-refractivity contribution in [2.75, 3.05) is 0 Å². The monoisotopic (exact) mass is 600 g/mol. The van der Waals surface area contributed by atoms with E-state index in [1.165, 1.54) is 43.7 Å². The van der Waals surface area contributed by atoms with Crippen molar-refractivity contribution in [2.45, 2.75) is 0 Å². The predicted octanol–water partition coefficient (Wildman–Crippen LogP) is 10.8. The van der Waals surface area contributed by atoms with E-state index in [1.807, 2.05) is 60.7 Å². The molecule has 2 heterocycles. The number of hydrogen-bond acceptors (Lipinski definition) is 3. The predicted molar refractivity (Wildman–Crippen MR) is 193 cm³/mol. The van der Waals surface area contributed by atoms with Gasteiger partial charge in [-0.1, -0.05) is 140 Å². The molecule has 0 spiro atoms. The second kappa shape index (κ2) is 11.2. The minimum Gasteiger partial charge on any atom is -0.309 e. The van der Waals surface area contributed by atoms with Gasteiger partial charge in [0.2, 0.25) is 0 Å². The molecule has 4 nitrogen and oxygen atoms in total. The van der Waals surface area contributed by atoms with Crippen molar-refractivity contribution >= 4 is 32.6 Å². The van der Waals surface area contributed by atoms with Crippen molar-refractivity contribution in [3.8, 4) is 51.0 Å². The van der Waals surface area contributed by atoms with Crippen LogP contribution in [-0.4, -0.2) is 19.5 Å². The van der Waals surface area contributed by atoms with E-state index in [9.17, 15) is 0 Å². The van der Waals surface area contributed by atoms with E-state index in [-0.39, 0.29) is 0 Å². The van der Waals surface area contributed by atoms with Gasteiger partial charge in [0.1, 0.15) is 0 Å². The van der Waals surface area contributed by atoms with Gasteiger partial charge in [-0.05, 0) is 46.7 Å². The summed E-state index contributed by atoms with van der Waals surface area (Å²) in [5, 5.41) is 4.98. The van der Waals surface area contributed by atoms with Gasteiger partial charge < -0.3 is 4.57 Å². The van der Waals surface area contributed by atoms with Gasteiger partial charge in [-0.2, -0.15) is 0 Å². The van der Waals surface area contributed by atoms with E-state index in [4.69, 9.17) is 15.0 Å². The van der Waals surface area contributed by atoms with E-state index in [0.29, 0.717) is 17.5 Å². The molecule has 0 amide bonds. The maximum atomic E-state index is 4.95. The molecule has 0 unspecified atom stereocenters. The van der Waals surface area contributed by atoms with E-state index < -0.39 is 0 Å². The minimum atomic E-state index is 0.641. The third-order valence-electron chi connectivity index (χ3n) is 8.84. The van der Waals surface area contributed by atoms with Crippen LogP contribution in [0.2, 0.25) is 0 Å². The summed E-state index contributed by atoms with van der Waals surface area (Å²) in [6.45, 7) is 0.